The quantitative estimate of drug-likeness (QED) is 0.141. The van der Waals surface area contributed by atoms with E-state index < -0.39 is 0 Å². The maximum atomic E-state index is 16.3. The molecule has 410 valence electrons. The first-order valence-corrected chi connectivity index (χ1v) is 29.5. The zero-order valence-corrected chi connectivity index (χ0v) is 46.7. The number of aromatic nitrogens is 2. The van der Waals surface area contributed by atoms with Gasteiger partial charge in [0, 0.05) is 85.4 Å². The Kier molecular flexibility index (Phi) is 11.5. The zero-order chi connectivity index (χ0) is 55.1. The molecule has 0 N–H and O–H groups in total. The number of benzene rings is 8. The van der Waals surface area contributed by atoms with Crippen molar-refractivity contribution in [3.63, 3.8) is 0 Å². The number of carbonyl (C=O) groups is 2. The highest BCUT2D eigenvalue weighted by atomic mass is 16.5. The van der Waals surface area contributed by atoms with E-state index in [4.69, 9.17) is 23.7 Å². The van der Waals surface area contributed by atoms with Crippen molar-refractivity contribution in [2.75, 3.05) is 33.3 Å². The molecular weight excluding hydrogens is 1020 g/mol. The van der Waals surface area contributed by atoms with Gasteiger partial charge in [-0.1, -0.05) is 72.8 Å². The second-order valence-corrected chi connectivity index (χ2v) is 24.2. The van der Waals surface area contributed by atoms with Crippen LogP contribution in [0.25, 0.3) is 65.9 Å². The number of rotatable bonds is 9. The molecule has 5 saturated carbocycles. The van der Waals surface area contributed by atoms with Gasteiger partial charge in [-0.2, -0.15) is 0 Å². The van der Waals surface area contributed by atoms with Gasteiger partial charge in [-0.05, 0) is 188 Å². The van der Waals surface area contributed by atoms with Crippen LogP contribution in [0, 0.1) is 47.3 Å². The van der Waals surface area contributed by atoms with Crippen LogP contribution in [-0.2, 0) is 9.59 Å². The molecule has 0 amide bonds. The van der Waals surface area contributed by atoms with Crippen molar-refractivity contribution in [1.82, 2.24) is 9.13 Å². The van der Waals surface area contributed by atoms with E-state index in [-0.39, 0.29) is 65.5 Å². The largest absolute Gasteiger partial charge is 0.497 e. The lowest BCUT2D eigenvalue weighted by molar-refractivity contribution is -0.129. The van der Waals surface area contributed by atoms with Crippen molar-refractivity contribution in [2.45, 2.75) is 63.1 Å². The van der Waals surface area contributed by atoms with Gasteiger partial charge >= 0.3 is 0 Å². The predicted octanol–water partition coefficient (Wildman–Crippen LogP) is 16.2. The summed E-state index contributed by atoms with van der Waals surface area (Å²) >= 11 is 0. The number of ketones is 2. The van der Waals surface area contributed by atoms with Crippen LogP contribution in [-0.4, -0.2) is 55.2 Å². The topological polar surface area (TPSA) is 93.4 Å². The maximum Gasteiger partial charge on any atom is 0.151 e. The standard InChI is InChI=1S/C72H65N3O7/c1-78-45-18-23-59-52(34-45)53-35-46(79-2)19-24-60(53)74(59)63-27-28-64(75-61-25-20-47(80-3)36-54(61)55-37-48(81-4)21-26-62(55)75)70-69(63)56-38-51-50-33-44(17-22-49(50)71(76)57(51)39-58(56)72(70)77)73-65-31-42(40-11-7-5-8-12-40)15-29-67(65)82-68-30-16-43(32-66(68)73)41-13-9-6-10-14-41/h5-16,18-21,23-26,29-32,34-37,44,49-51,56-58,63-64,69-70H,17,22,27-28,33,38-39H2,1-4H3. The Hall–Kier alpha value is -8.50. The minimum absolute atomic E-state index is 0.00329. The predicted molar refractivity (Wildman–Crippen MR) is 323 cm³/mol. The second-order valence-electron chi connectivity index (χ2n) is 24.2. The molecule has 16 rings (SSSR count). The molecule has 0 saturated heterocycles. The van der Waals surface area contributed by atoms with Crippen LogP contribution in [0.5, 0.6) is 34.5 Å². The smallest absolute Gasteiger partial charge is 0.151 e. The van der Waals surface area contributed by atoms with Gasteiger partial charge in [-0.25, -0.2) is 0 Å². The Bertz CT molecular complexity index is 4010. The summed E-state index contributed by atoms with van der Waals surface area (Å²) in [6.45, 7) is 0. The molecule has 82 heavy (non-hydrogen) atoms. The molecule has 3 heterocycles. The third-order valence-electron chi connectivity index (χ3n) is 20.8. The average Bonchev–Trinajstić information content (AvgIpc) is 2.08. The van der Waals surface area contributed by atoms with Crippen LogP contribution in [0.3, 0.4) is 0 Å². The van der Waals surface area contributed by atoms with Crippen molar-refractivity contribution in [3.05, 3.63) is 170 Å². The van der Waals surface area contributed by atoms with Gasteiger partial charge in [0.2, 0.25) is 0 Å². The molecule has 0 bridgehead atoms. The number of hydrogen-bond acceptors (Lipinski definition) is 8. The summed E-state index contributed by atoms with van der Waals surface area (Å²) in [7, 11) is 6.88. The Morgan fingerprint density at radius 1 is 0.402 bits per heavy atom. The highest BCUT2D eigenvalue weighted by Gasteiger charge is 2.64. The molecular formula is C72H65N3O7. The summed E-state index contributed by atoms with van der Waals surface area (Å²) in [5.74, 6) is 5.38. The van der Waals surface area contributed by atoms with E-state index in [1.54, 1.807) is 28.4 Å². The van der Waals surface area contributed by atoms with Crippen LogP contribution in [0.1, 0.15) is 57.0 Å². The SMILES string of the molecule is COc1ccc2c(c1)c1cc(OC)ccc1n2C1CCC(n2c3ccc(OC)cc3c3cc(OC)ccc32)C2C3CC4C(CC3C(=O)C21)C(=O)C1CCC(N2c3cc(-c5ccccc5)ccc3Oc3ccc(-c5ccccc5)cc32)CC14. The molecule has 11 atom stereocenters. The van der Waals surface area contributed by atoms with Gasteiger partial charge in [-0.15, -0.1) is 0 Å². The lowest BCUT2D eigenvalue weighted by Crippen LogP contribution is -2.42. The zero-order valence-electron chi connectivity index (χ0n) is 46.7. The van der Waals surface area contributed by atoms with E-state index in [9.17, 15) is 0 Å². The Balaban J connectivity index is 0.823. The summed E-state index contributed by atoms with van der Waals surface area (Å²) in [6.07, 6.45) is 5.77. The molecule has 0 radical (unpaired) electrons. The normalized spacial score (nSPS) is 26.2. The van der Waals surface area contributed by atoms with E-state index in [0.29, 0.717) is 18.0 Å². The number of methoxy groups -OCH3 is 4. The van der Waals surface area contributed by atoms with Crippen molar-refractivity contribution in [1.29, 1.82) is 0 Å². The van der Waals surface area contributed by atoms with Crippen LogP contribution in [0.4, 0.5) is 11.4 Å². The lowest BCUT2D eigenvalue weighted by atomic mass is 9.63. The first-order chi connectivity index (χ1) is 40.3. The van der Waals surface area contributed by atoms with E-state index in [0.717, 1.165) is 150 Å². The van der Waals surface area contributed by atoms with Crippen molar-refractivity contribution >= 4 is 66.6 Å². The molecule has 10 aromatic rings. The summed E-state index contributed by atoms with van der Waals surface area (Å²) in [6, 6.07) is 60.1. The van der Waals surface area contributed by atoms with E-state index in [1.165, 1.54) is 0 Å². The maximum absolute atomic E-state index is 16.3. The van der Waals surface area contributed by atoms with Gasteiger partial charge in [0.1, 0.15) is 34.6 Å². The van der Waals surface area contributed by atoms with Crippen molar-refractivity contribution in [3.8, 4) is 56.8 Å². The molecule has 10 nitrogen and oxygen atoms in total. The van der Waals surface area contributed by atoms with Crippen LogP contribution < -0.4 is 28.6 Å². The fourth-order valence-corrected chi connectivity index (χ4v) is 17.4. The van der Waals surface area contributed by atoms with E-state index in [1.807, 2.05) is 12.1 Å². The number of anilines is 2. The third-order valence-corrected chi connectivity index (χ3v) is 20.8. The van der Waals surface area contributed by atoms with E-state index >= 15 is 9.59 Å². The van der Waals surface area contributed by atoms with Gasteiger partial charge in [-0.3, -0.25) is 9.59 Å². The third kappa shape index (κ3) is 7.38. The fourth-order valence-electron chi connectivity index (χ4n) is 17.4. The van der Waals surface area contributed by atoms with Crippen molar-refractivity contribution in [2.24, 2.45) is 47.3 Å². The first-order valence-electron chi connectivity index (χ1n) is 29.5. The monoisotopic (exact) mass is 1080 g/mol. The van der Waals surface area contributed by atoms with Crippen LogP contribution >= 0.6 is 0 Å². The molecule has 5 aliphatic carbocycles. The fraction of sp³-hybridized carbons (Fsp3) is 0.306. The molecule has 5 fully saturated rings. The van der Waals surface area contributed by atoms with Gasteiger partial charge in [0.05, 0.1) is 39.8 Å². The highest BCUT2D eigenvalue weighted by Crippen LogP contribution is 2.66. The first kappa shape index (κ1) is 49.3. The Morgan fingerprint density at radius 2 is 0.854 bits per heavy atom. The summed E-state index contributed by atoms with van der Waals surface area (Å²) < 4.78 is 35.4. The molecule has 6 aliphatic rings. The average molecular weight is 1080 g/mol. The van der Waals surface area contributed by atoms with Crippen LogP contribution in [0.2, 0.25) is 0 Å². The number of carbonyl (C=O) groups excluding carboxylic acids is 2. The van der Waals surface area contributed by atoms with Crippen molar-refractivity contribution < 1.29 is 33.3 Å². The number of nitrogens with zero attached hydrogens (tertiary/aromatic N) is 3. The number of ether oxygens (including phenoxy) is 5. The Morgan fingerprint density at radius 3 is 1.34 bits per heavy atom. The minimum atomic E-state index is -0.288. The Labute approximate surface area is 477 Å². The molecule has 2 aromatic heterocycles. The molecule has 1 aliphatic heterocycles. The second kappa shape index (κ2) is 19.0. The van der Waals surface area contributed by atoms with Gasteiger partial charge in [0.15, 0.2) is 11.5 Å². The number of hydrogen-bond donors (Lipinski definition) is 0. The number of fused-ring (bicyclic) bond motifs is 14. The minimum Gasteiger partial charge on any atom is -0.497 e. The molecule has 10 heteroatoms. The molecule has 8 aromatic carbocycles. The number of Topliss-reactive ketones (excluding diaryl/α,β-unsaturated/α-hetero) is 2. The van der Waals surface area contributed by atoms with Crippen LogP contribution in [0.15, 0.2) is 170 Å². The summed E-state index contributed by atoms with van der Waals surface area (Å²) in [4.78, 5) is 34.3. The summed E-state index contributed by atoms with van der Waals surface area (Å²) in [5, 5.41) is 4.38. The summed E-state index contributed by atoms with van der Waals surface area (Å²) in [5.41, 5.74) is 11.2. The lowest BCUT2D eigenvalue weighted by Gasteiger charge is -2.46. The van der Waals surface area contributed by atoms with Gasteiger partial charge < -0.3 is 37.7 Å². The highest BCUT2D eigenvalue weighted by molar-refractivity contribution is 6.10. The molecule has 11 unspecified atom stereocenters. The molecule has 0 spiro atoms. The van der Waals surface area contributed by atoms with Gasteiger partial charge in [0.25, 0.3) is 0 Å². The van der Waals surface area contributed by atoms with E-state index in [2.05, 4.69) is 172 Å².